The predicted molar refractivity (Wildman–Crippen MR) is 39.6 cm³/mol. The van der Waals surface area contributed by atoms with Gasteiger partial charge >= 0.3 is 0 Å². The molecule has 0 aliphatic heterocycles. The van der Waals surface area contributed by atoms with Crippen LogP contribution >= 0.6 is 0 Å². The maximum atomic E-state index is 10.5. The Morgan fingerprint density at radius 3 is 2.30 bits per heavy atom. The molecular weight excluding hydrogens is 152 g/mol. The normalized spacial score (nSPS) is 14.6. The van der Waals surface area contributed by atoms with Gasteiger partial charge in [-0.2, -0.15) is 0 Å². The standard InChI is InChI=1S/C6H12O3S/c1-6(5-7)3-4-10(2,8)9/h5-6H,3-4H2,1-2H3/t6-/m0/s1. The van der Waals surface area contributed by atoms with Crippen LogP contribution in [0.15, 0.2) is 0 Å². The summed E-state index contributed by atoms with van der Waals surface area (Å²) < 4.78 is 21.1. The van der Waals surface area contributed by atoms with E-state index in [1.807, 2.05) is 0 Å². The van der Waals surface area contributed by atoms with Gasteiger partial charge in [-0.15, -0.1) is 0 Å². The molecule has 0 aromatic rings. The van der Waals surface area contributed by atoms with Gasteiger partial charge in [-0.05, 0) is 6.42 Å². The van der Waals surface area contributed by atoms with Gasteiger partial charge in [0.25, 0.3) is 0 Å². The summed E-state index contributed by atoms with van der Waals surface area (Å²) in [5.74, 6) is -0.0397. The number of rotatable bonds is 4. The molecule has 0 bridgehead atoms. The Labute approximate surface area is 61.4 Å². The fourth-order valence-corrected chi connectivity index (χ4v) is 1.27. The second kappa shape index (κ2) is 3.71. The van der Waals surface area contributed by atoms with Crippen LogP contribution in [0.5, 0.6) is 0 Å². The Morgan fingerprint density at radius 2 is 2.00 bits per heavy atom. The molecule has 4 heteroatoms. The number of hydrogen-bond acceptors (Lipinski definition) is 3. The zero-order valence-corrected chi connectivity index (χ0v) is 7.02. The van der Waals surface area contributed by atoms with E-state index in [0.29, 0.717) is 6.42 Å². The molecular formula is C6H12O3S. The second-order valence-electron chi connectivity index (χ2n) is 2.53. The molecule has 0 unspecified atom stereocenters. The SMILES string of the molecule is C[C@H](C=O)CCS(C)(=O)=O. The van der Waals surface area contributed by atoms with Gasteiger partial charge in [0, 0.05) is 12.2 Å². The highest BCUT2D eigenvalue weighted by molar-refractivity contribution is 7.90. The first-order valence-corrected chi connectivity index (χ1v) is 5.15. The van der Waals surface area contributed by atoms with Crippen molar-refractivity contribution in [2.24, 2.45) is 5.92 Å². The van der Waals surface area contributed by atoms with Crippen molar-refractivity contribution in [3.8, 4) is 0 Å². The third kappa shape index (κ3) is 5.75. The van der Waals surface area contributed by atoms with Gasteiger partial charge < -0.3 is 4.79 Å². The molecule has 0 amide bonds. The molecule has 60 valence electrons. The van der Waals surface area contributed by atoms with Crippen LogP contribution in [0, 0.1) is 5.92 Å². The average molecular weight is 164 g/mol. The van der Waals surface area contributed by atoms with Crippen molar-refractivity contribution in [1.29, 1.82) is 0 Å². The summed E-state index contributed by atoms with van der Waals surface area (Å²) >= 11 is 0. The van der Waals surface area contributed by atoms with Crippen molar-refractivity contribution >= 4 is 16.1 Å². The third-order valence-electron chi connectivity index (χ3n) is 1.18. The second-order valence-corrected chi connectivity index (χ2v) is 4.79. The lowest BCUT2D eigenvalue weighted by atomic mass is 10.1. The monoisotopic (exact) mass is 164 g/mol. The van der Waals surface area contributed by atoms with E-state index in [2.05, 4.69) is 0 Å². The number of sulfone groups is 1. The van der Waals surface area contributed by atoms with Crippen LogP contribution < -0.4 is 0 Å². The highest BCUT2D eigenvalue weighted by atomic mass is 32.2. The molecule has 0 rings (SSSR count). The summed E-state index contributed by atoms with van der Waals surface area (Å²) in [5.41, 5.74) is 0. The van der Waals surface area contributed by atoms with E-state index in [0.717, 1.165) is 6.29 Å². The molecule has 0 saturated carbocycles. The Hall–Kier alpha value is -0.380. The molecule has 3 nitrogen and oxygen atoms in total. The van der Waals surface area contributed by atoms with Gasteiger partial charge in [0.1, 0.15) is 16.1 Å². The lowest BCUT2D eigenvalue weighted by molar-refractivity contribution is -0.110. The molecule has 1 atom stereocenters. The minimum atomic E-state index is -2.89. The van der Waals surface area contributed by atoms with Crippen LogP contribution in [0.2, 0.25) is 0 Å². The van der Waals surface area contributed by atoms with Crippen LogP contribution in [-0.4, -0.2) is 26.7 Å². The first-order valence-electron chi connectivity index (χ1n) is 3.08. The van der Waals surface area contributed by atoms with Crippen LogP contribution in [0.25, 0.3) is 0 Å². The van der Waals surface area contributed by atoms with E-state index in [4.69, 9.17) is 0 Å². The summed E-state index contributed by atoms with van der Waals surface area (Å²) in [7, 11) is -2.89. The number of hydrogen-bond donors (Lipinski definition) is 0. The van der Waals surface area contributed by atoms with Crippen LogP contribution in [0.3, 0.4) is 0 Å². The van der Waals surface area contributed by atoms with Crippen LogP contribution in [-0.2, 0) is 14.6 Å². The van der Waals surface area contributed by atoms with Crippen molar-refractivity contribution in [2.75, 3.05) is 12.0 Å². The van der Waals surface area contributed by atoms with Crippen molar-refractivity contribution in [3.63, 3.8) is 0 Å². The summed E-state index contributed by atoms with van der Waals surface area (Å²) in [6.45, 7) is 1.71. The van der Waals surface area contributed by atoms with Crippen molar-refractivity contribution < 1.29 is 13.2 Å². The van der Waals surface area contributed by atoms with Crippen molar-refractivity contribution in [1.82, 2.24) is 0 Å². The molecule has 0 spiro atoms. The summed E-state index contributed by atoms with van der Waals surface area (Å²) in [6, 6.07) is 0. The molecule has 0 aliphatic rings. The van der Waals surface area contributed by atoms with Gasteiger partial charge in [0.05, 0.1) is 5.75 Å². The molecule has 0 aliphatic carbocycles. The minimum Gasteiger partial charge on any atom is -0.303 e. The summed E-state index contributed by atoms with van der Waals surface area (Å²) in [6.07, 6.45) is 2.37. The topological polar surface area (TPSA) is 51.2 Å². The van der Waals surface area contributed by atoms with E-state index in [-0.39, 0.29) is 11.7 Å². The molecule has 0 N–H and O–H groups in total. The molecule has 0 radical (unpaired) electrons. The maximum Gasteiger partial charge on any atom is 0.147 e. The van der Waals surface area contributed by atoms with E-state index in [1.54, 1.807) is 6.92 Å². The Bertz CT molecular complexity index is 193. The Kier molecular flexibility index (Phi) is 3.57. The predicted octanol–water partition coefficient (Wildman–Crippen LogP) is 0.256. The first kappa shape index (κ1) is 9.62. The van der Waals surface area contributed by atoms with E-state index < -0.39 is 9.84 Å². The van der Waals surface area contributed by atoms with Crippen molar-refractivity contribution in [3.05, 3.63) is 0 Å². The molecule has 0 fully saturated rings. The summed E-state index contributed by atoms with van der Waals surface area (Å²) in [5, 5.41) is 0. The lowest BCUT2D eigenvalue weighted by Crippen LogP contribution is -2.07. The van der Waals surface area contributed by atoms with Crippen LogP contribution in [0.1, 0.15) is 13.3 Å². The van der Waals surface area contributed by atoms with Gasteiger partial charge in [-0.3, -0.25) is 0 Å². The smallest absolute Gasteiger partial charge is 0.147 e. The van der Waals surface area contributed by atoms with E-state index in [9.17, 15) is 13.2 Å². The largest absolute Gasteiger partial charge is 0.303 e. The lowest BCUT2D eigenvalue weighted by Gasteiger charge is -1.99. The third-order valence-corrected chi connectivity index (χ3v) is 2.15. The molecule has 0 heterocycles. The zero-order valence-electron chi connectivity index (χ0n) is 6.20. The van der Waals surface area contributed by atoms with E-state index in [1.165, 1.54) is 6.26 Å². The first-order chi connectivity index (χ1) is 4.45. The fraction of sp³-hybridized carbons (Fsp3) is 0.833. The minimum absolute atomic E-state index is 0.104. The molecule has 0 aromatic heterocycles. The molecule has 0 aromatic carbocycles. The number of carbonyl (C=O) groups is 1. The van der Waals surface area contributed by atoms with Gasteiger partial charge in [-0.25, -0.2) is 8.42 Å². The quantitative estimate of drug-likeness (QED) is 0.560. The fourth-order valence-electron chi connectivity index (χ4n) is 0.468. The number of carbonyl (C=O) groups excluding carboxylic acids is 1. The van der Waals surface area contributed by atoms with Crippen LogP contribution in [0.4, 0.5) is 0 Å². The van der Waals surface area contributed by atoms with E-state index >= 15 is 0 Å². The van der Waals surface area contributed by atoms with Gasteiger partial charge in [0.15, 0.2) is 0 Å². The molecule has 10 heavy (non-hydrogen) atoms. The highest BCUT2D eigenvalue weighted by Gasteiger charge is 2.05. The molecule has 0 saturated heterocycles. The van der Waals surface area contributed by atoms with Gasteiger partial charge in [0.2, 0.25) is 0 Å². The van der Waals surface area contributed by atoms with Gasteiger partial charge in [-0.1, -0.05) is 6.92 Å². The van der Waals surface area contributed by atoms with Crippen molar-refractivity contribution in [2.45, 2.75) is 13.3 Å². The maximum absolute atomic E-state index is 10.5. The number of aldehydes is 1. The Balaban J connectivity index is 3.66. The Morgan fingerprint density at radius 1 is 1.50 bits per heavy atom. The highest BCUT2D eigenvalue weighted by Crippen LogP contribution is 1.99. The summed E-state index contributed by atoms with van der Waals surface area (Å²) in [4.78, 5) is 10.0. The average Bonchev–Trinajstić information content (AvgIpc) is 1.81. The zero-order chi connectivity index (χ0) is 8.20.